The second kappa shape index (κ2) is 5.53. The highest BCUT2D eigenvalue weighted by Crippen LogP contribution is 2.20. The van der Waals surface area contributed by atoms with E-state index in [-0.39, 0.29) is 24.9 Å². The number of hydrogen-bond donors (Lipinski definition) is 3. The Morgan fingerprint density at radius 2 is 2.38 bits per heavy atom. The van der Waals surface area contributed by atoms with E-state index in [2.05, 4.69) is 20.9 Å². The van der Waals surface area contributed by atoms with E-state index in [1.165, 1.54) is 0 Å². The Kier molecular flexibility index (Phi) is 3.57. The fourth-order valence-electron chi connectivity index (χ4n) is 2.19. The lowest BCUT2D eigenvalue weighted by molar-refractivity contribution is -0.124. The lowest BCUT2D eigenvalue weighted by Gasteiger charge is -2.23. The van der Waals surface area contributed by atoms with Gasteiger partial charge in [0.05, 0.1) is 6.54 Å². The van der Waals surface area contributed by atoms with Gasteiger partial charge in [-0.15, -0.1) is 0 Å². The van der Waals surface area contributed by atoms with Crippen LogP contribution in [0.5, 0.6) is 0 Å². The predicted molar refractivity (Wildman–Crippen MR) is 76.8 cm³/mol. The number of benzene rings is 1. The molecule has 2 heterocycles. The average Bonchev–Trinajstić information content (AvgIpc) is 2.90. The number of nitrogens with one attached hydrogen (secondary N) is 3. The number of aryl methyl sites for hydroxylation is 1. The summed E-state index contributed by atoms with van der Waals surface area (Å²) >= 11 is 0. The predicted octanol–water partition coefficient (Wildman–Crippen LogP) is 0.417. The molecule has 3 N–H and O–H groups in total. The molecule has 2 aromatic rings. The van der Waals surface area contributed by atoms with E-state index in [1.807, 2.05) is 6.92 Å². The second-order valence-corrected chi connectivity index (χ2v) is 4.87. The van der Waals surface area contributed by atoms with Crippen LogP contribution in [0.3, 0.4) is 0 Å². The summed E-state index contributed by atoms with van der Waals surface area (Å²) in [5, 5.41) is 8.34. The van der Waals surface area contributed by atoms with Crippen LogP contribution in [0.4, 0.5) is 5.69 Å². The molecular weight excluding hydrogens is 272 g/mol. The minimum absolute atomic E-state index is 0.102. The van der Waals surface area contributed by atoms with Crippen LogP contribution in [-0.4, -0.2) is 35.9 Å². The monoisotopic (exact) mass is 288 g/mol. The normalized spacial score (nSPS) is 18.5. The number of amides is 2. The van der Waals surface area contributed by atoms with Gasteiger partial charge in [0, 0.05) is 18.7 Å². The van der Waals surface area contributed by atoms with Crippen molar-refractivity contribution in [1.82, 2.24) is 15.6 Å². The molecule has 0 saturated carbocycles. The van der Waals surface area contributed by atoms with E-state index in [0.717, 1.165) is 11.9 Å². The molecule has 21 heavy (non-hydrogen) atoms. The zero-order chi connectivity index (χ0) is 14.8. The van der Waals surface area contributed by atoms with Crippen molar-refractivity contribution in [2.24, 2.45) is 0 Å². The molecule has 1 unspecified atom stereocenters. The topological polar surface area (TPSA) is 96.3 Å². The Balaban J connectivity index is 1.72. The summed E-state index contributed by atoms with van der Waals surface area (Å²) in [6.07, 6.45) is 0.724. The van der Waals surface area contributed by atoms with Crippen molar-refractivity contribution in [1.29, 1.82) is 0 Å². The number of fused-ring (bicyclic) bond motifs is 1. The van der Waals surface area contributed by atoms with Gasteiger partial charge in [-0.2, -0.15) is 0 Å². The van der Waals surface area contributed by atoms with E-state index >= 15 is 0 Å². The maximum absolute atomic E-state index is 12.1. The van der Waals surface area contributed by atoms with Crippen molar-refractivity contribution >= 4 is 28.6 Å². The molecule has 0 aliphatic carbocycles. The summed E-state index contributed by atoms with van der Waals surface area (Å²) in [6, 6.07) is 4.90. The Labute approximate surface area is 121 Å². The maximum Gasteiger partial charge on any atom is 0.243 e. The van der Waals surface area contributed by atoms with Gasteiger partial charge in [-0.05, 0) is 18.2 Å². The van der Waals surface area contributed by atoms with Gasteiger partial charge in [0.2, 0.25) is 11.8 Å². The van der Waals surface area contributed by atoms with Crippen LogP contribution in [0.1, 0.15) is 12.8 Å². The van der Waals surface area contributed by atoms with Gasteiger partial charge in [-0.25, -0.2) is 4.98 Å². The van der Waals surface area contributed by atoms with Gasteiger partial charge in [0.1, 0.15) is 11.6 Å². The van der Waals surface area contributed by atoms with E-state index in [9.17, 15) is 9.59 Å². The van der Waals surface area contributed by atoms with E-state index in [4.69, 9.17) is 4.42 Å². The van der Waals surface area contributed by atoms with Crippen LogP contribution in [-0.2, 0) is 16.0 Å². The third-order valence-corrected chi connectivity index (χ3v) is 3.33. The zero-order valence-corrected chi connectivity index (χ0v) is 11.6. The van der Waals surface area contributed by atoms with E-state index in [1.54, 1.807) is 18.2 Å². The van der Waals surface area contributed by atoms with Crippen molar-refractivity contribution in [3.8, 4) is 0 Å². The quantitative estimate of drug-likeness (QED) is 0.760. The number of aromatic nitrogens is 1. The van der Waals surface area contributed by atoms with Crippen molar-refractivity contribution in [3.05, 3.63) is 24.1 Å². The summed E-state index contributed by atoms with van der Waals surface area (Å²) in [7, 11) is 0. The third kappa shape index (κ3) is 2.87. The minimum atomic E-state index is -0.429. The summed E-state index contributed by atoms with van der Waals surface area (Å²) in [5.41, 5.74) is 2.07. The van der Waals surface area contributed by atoms with Gasteiger partial charge in [-0.3, -0.25) is 14.9 Å². The number of anilines is 1. The first-order chi connectivity index (χ1) is 10.2. The summed E-state index contributed by atoms with van der Waals surface area (Å²) < 4.78 is 5.52. The highest BCUT2D eigenvalue weighted by Gasteiger charge is 2.23. The largest absolute Gasteiger partial charge is 0.441 e. The summed E-state index contributed by atoms with van der Waals surface area (Å²) in [5.74, 6) is 0.383. The molecule has 7 nitrogen and oxygen atoms in total. The SMILES string of the molecule is CCc1nc2cc(NC(=O)C3CNC(=O)CN3)ccc2o1. The van der Waals surface area contributed by atoms with Gasteiger partial charge >= 0.3 is 0 Å². The molecule has 3 rings (SSSR count). The lowest BCUT2D eigenvalue weighted by atomic mass is 10.2. The number of nitrogens with zero attached hydrogens (tertiary/aromatic N) is 1. The molecule has 110 valence electrons. The van der Waals surface area contributed by atoms with Crippen LogP contribution >= 0.6 is 0 Å². The fourth-order valence-corrected chi connectivity index (χ4v) is 2.19. The number of oxazole rings is 1. The Morgan fingerprint density at radius 3 is 3.10 bits per heavy atom. The third-order valence-electron chi connectivity index (χ3n) is 3.33. The molecule has 1 saturated heterocycles. The molecule has 1 fully saturated rings. The fraction of sp³-hybridized carbons (Fsp3) is 0.357. The Bertz CT molecular complexity index is 685. The van der Waals surface area contributed by atoms with Crippen molar-refractivity contribution < 1.29 is 14.0 Å². The number of hydrogen-bond acceptors (Lipinski definition) is 5. The number of rotatable bonds is 3. The van der Waals surface area contributed by atoms with Gasteiger partial charge in [0.15, 0.2) is 11.5 Å². The average molecular weight is 288 g/mol. The standard InChI is InChI=1S/C14H16N4O3/c1-2-13-18-9-5-8(3-4-11(9)21-13)17-14(20)10-6-16-12(19)7-15-10/h3-5,10,15H,2,6-7H2,1H3,(H,16,19)(H,17,20). The molecule has 2 amide bonds. The smallest absolute Gasteiger partial charge is 0.243 e. The molecule has 0 spiro atoms. The van der Waals surface area contributed by atoms with Crippen LogP contribution in [0.15, 0.2) is 22.6 Å². The molecule has 1 aliphatic rings. The molecule has 0 bridgehead atoms. The number of piperazine rings is 1. The molecule has 1 aromatic carbocycles. The lowest BCUT2D eigenvalue weighted by Crippen LogP contribution is -2.56. The summed E-state index contributed by atoms with van der Waals surface area (Å²) in [6.45, 7) is 2.41. The van der Waals surface area contributed by atoms with E-state index < -0.39 is 6.04 Å². The summed E-state index contributed by atoms with van der Waals surface area (Å²) in [4.78, 5) is 27.5. The van der Waals surface area contributed by atoms with Crippen LogP contribution in [0.2, 0.25) is 0 Å². The molecular formula is C14H16N4O3. The number of carbonyl (C=O) groups excluding carboxylic acids is 2. The Hall–Kier alpha value is -2.41. The first-order valence-corrected chi connectivity index (χ1v) is 6.86. The van der Waals surface area contributed by atoms with Crippen molar-refractivity contribution in [3.63, 3.8) is 0 Å². The Morgan fingerprint density at radius 1 is 1.52 bits per heavy atom. The highest BCUT2D eigenvalue weighted by molar-refractivity contribution is 5.97. The molecule has 7 heteroatoms. The maximum atomic E-state index is 12.1. The van der Waals surface area contributed by atoms with E-state index in [0.29, 0.717) is 17.2 Å². The molecule has 1 atom stereocenters. The zero-order valence-electron chi connectivity index (χ0n) is 11.6. The number of carbonyl (C=O) groups is 2. The first-order valence-electron chi connectivity index (χ1n) is 6.86. The van der Waals surface area contributed by atoms with Crippen LogP contribution in [0.25, 0.3) is 11.1 Å². The van der Waals surface area contributed by atoms with Gasteiger partial charge in [-0.1, -0.05) is 6.92 Å². The second-order valence-electron chi connectivity index (χ2n) is 4.87. The molecule has 1 aromatic heterocycles. The minimum Gasteiger partial charge on any atom is -0.441 e. The molecule has 1 aliphatic heterocycles. The highest BCUT2D eigenvalue weighted by atomic mass is 16.3. The van der Waals surface area contributed by atoms with Gasteiger partial charge < -0.3 is 15.1 Å². The van der Waals surface area contributed by atoms with Gasteiger partial charge in [0.25, 0.3) is 0 Å². The first kappa shape index (κ1) is 13.6. The molecule has 0 radical (unpaired) electrons. The van der Waals surface area contributed by atoms with Crippen LogP contribution in [0, 0.1) is 0 Å². The van der Waals surface area contributed by atoms with Crippen LogP contribution < -0.4 is 16.0 Å². The van der Waals surface area contributed by atoms with Crippen molar-refractivity contribution in [2.45, 2.75) is 19.4 Å². The van der Waals surface area contributed by atoms with Crippen molar-refractivity contribution in [2.75, 3.05) is 18.4 Å².